The number of hydrogen-bond donors (Lipinski definition) is 10. The highest BCUT2D eigenvalue weighted by Gasteiger charge is 2.60. The molecule has 18 heteroatoms. The predicted molar refractivity (Wildman–Crippen MR) is 147 cm³/mol. The van der Waals surface area contributed by atoms with E-state index in [4.69, 9.17) is 33.2 Å². The maximum atomic E-state index is 12.8. The second-order valence-corrected chi connectivity index (χ2v) is 10.9. The van der Waals surface area contributed by atoms with Crippen LogP contribution in [-0.4, -0.2) is 170 Å². The Kier molecular flexibility index (Phi) is 12.3. The molecule has 4 rings (SSSR count). The zero-order valence-electron chi connectivity index (χ0n) is 24.6. The van der Waals surface area contributed by atoms with Gasteiger partial charge in [-0.2, -0.15) is 0 Å². The Bertz CT molecular complexity index is 1180. The minimum Gasteiger partial charge on any atom is -0.504 e. The Morgan fingerprint density at radius 1 is 0.935 bits per heavy atom. The third-order valence-electron chi connectivity index (χ3n) is 7.89. The fourth-order valence-electron chi connectivity index (χ4n) is 5.40. The van der Waals surface area contributed by atoms with Crippen molar-refractivity contribution in [3.63, 3.8) is 0 Å². The van der Waals surface area contributed by atoms with Gasteiger partial charge in [-0.1, -0.05) is 6.07 Å². The van der Waals surface area contributed by atoms with Crippen molar-refractivity contribution < 1.29 is 89.0 Å². The summed E-state index contributed by atoms with van der Waals surface area (Å²) in [4.78, 5) is 12.8. The molecule has 3 aliphatic rings. The van der Waals surface area contributed by atoms with Gasteiger partial charge in [0.05, 0.1) is 33.0 Å². The van der Waals surface area contributed by atoms with Crippen LogP contribution < -0.4 is 4.74 Å². The molecule has 260 valence electrons. The number of carbonyl (C=O) groups is 1. The molecule has 0 spiro atoms. The highest BCUT2D eigenvalue weighted by Crippen LogP contribution is 2.38. The molecule has 46 heavy (non-hydrogen) atoms. The Hall–Kier alpha value is -2.53. The maximum Gasteiger partial charge on any atom is 0.331 e. The van der Waals surface area contributed by atoms with Crippen molar-refractivity contribution in [1.29, 1.82) is 0 Å². The minimum atomic E-state index is -2.33. The van der Waals surface area contributed by atoms with Gasteiger partial charge in [0.2, 0.25) is 5.79 Å². The highest BCUT2D eigenvalue weighted by molar-refractivity contribution is 5.87. The van der Waals surface area contributed by atoms with E-state index in [0.717, 1.165) is 6.08 Å². The molecule has 10 N–H and O–H groups in total. The quantitative estimate of drug-likeness (QED) is 0.0743. The summed E-state index contributed by atoms with van der Waals surface area (Å²) in [6.45, 7) is -3.34. The fourth-order valence-corrected chi connectivity index (χ4v) is 5.40. The fraction of sp³-hybridized carbons (Fsp3) is 0.679. The first-order valence-corrected chi connectivity index (χ1v) is 14.3. The Morgan fingerprint density at radius 2 is 1.63 bits per heavy atom. The number of benzene rings is 1. The molecular weight excluding hydrogens is 624 g/mol. The summed E-state index contributed by atoms with van der Waals surface area (Å²) < 4.78 is 38.4. The monoisotopic (exact) mass is 664 g/mol. The first-order chi connectivity index (χ1) is 21.9. The molecule has 0 aromatic heterocycles. The summed E-state index contributed by atoms with van der Waals surface area (Å²) in [6, 6.07) is 4.26. The number of esters is 1. The van der Waals surface area contributed by atoms with Crippen LogP contribution in [0.1, 0.15) is 12.0 Å². The smallest absolute Gasteiger partial charge is 0.331 e. The van der Waals surface area contributed by atoms with E-state index >= 15 is 0 Å². The van der Waals surface area contributed by atoms with Gasteiger partial charge in [0.15, 0.2) is 30.2 Å². The molecule has 0 saturated carbocycles. The molecule has 3 saturated heterocycles. The molecule has 0 aliphatic carbocycles. The van der Waals surface area contributed by atoms with Crippen molar-refractivity contribution in [2.24, 2.45) is 0 Å². The summed E-state index contributed by atoms with van der Waals surface area (Å²) >= 11 is 0. The standard InChI is InChI=1S/C28H40O18/c1-40-15-6-12(2-4-13(15)33)3-5-19(35)43-26-22(37)17(9-30)45-28(26,11-32)46-20-7-14(34)25(18(10-31)41-20)44-27-24(39)23(38)21(36)16(8-29)42-27/h2-6,14,16-18,20-27,29-34,36-39H,7-11H2,1H3/b5-3+/t14-,16-,17-,18-,20-,21-,22-,23+,24-,25-,26+,27-,28+/m1/s1. The van der Waals surface area contributed by atoms with Crippen molar-refractivity contribution in [3.05, 3.63) is 29.8 Å². The first-order valence-electron chi connectivity index (χ1n) is 14.3. The molecule has 1 aromatic rings. The molecular formula is C28H40O18. The Morgan fingerprint density at radius 3 is 2.26 bits per heavy atom. The molecule has 0 amide bonds. The maximum absolute atomic E-state index is 12.8. The Balaban J connectivity index is 1.47. The molecule has 1 aromatic carbocycles. The molecule has 0 unspecified atom stereocenters. The number of ether oxygens (including phenoxy) is 7. The lowest BCUT2D eigenvalue weighted by atomic mass is 9.98. The molecule has 0 radical (unpaired) electrons. The van der Waals surface area contributed by atoms with Crippen LogP contribution >= 0.6 is 0 Å². The van der Waals surface area contributed by atoms with Crippen molar-refractivity contribution in [2.45, 2.75) is 85.8 Å². The lowest BCUT2D eigenvalue weighted by Gasteiger charge is -2.45. The van der Waals surface area contributed by atoms with Crippen molar-refractivity contribution in [3.8, 4) is 11.5 Å². The van der Waals surface area contributed by atoms with E-state index in [2.05, 4.69) is 0 Å². The molecule has 3 fully saturated rings. The number of hydrogen-bond acceptors (Lipinski definition) is 18. The van der Waals surface area contributed by atoms with Gasteiger partial charge in [-0.25, -0.2) is 4.79 Å². The number of phenolic OH excluding ortho intramolecular Hbond substituents is 1. The highest BCUT2D eigenvalue weighted by atomic mass is 16.8. The summed E-state index contributed by atoms with van der Waals surface area (Å²) in [5.41, 5.74) is 0.438. The van der Waals surface area contributed by atoms with Crippen molar-refractivity contribution in [1.82, 2.24) is 0 Å². The minimum absolute atomic E-state index is 0.126. The number of aromatic hydroxyl groups is 1. The number of rotatable bonds is 12. The largest absolute Gasteiger partial charge is 0.504 e. The van der Waals surface area contributed by atoms with Gasteiger partial charge in [-0.05, 0) is 23.8 Å². The third kappa shape index (κ3) is 7.61. The number of phenols is 1. The van der Waals surface area contributed by atoms with Crippen LogP contribution in [0.2, 0.25) is 0 Å². The van der Waals surface area contributed by atoms with Gasteiger partial charge in [0, 0.05) is 12.5 Å². The zero-order chi connectivity index (χ0) is 33.8. The number of methoxy groups -OCH3 is 1. The van der Waals surface area contributed by atoms with Crippen LogP contribution in [-0.2, 0) is 33.2 Å². The van der Waals surface area contributed by atoms with Gasteiger partial charge in [0.25, 0.3) is 0 Å². The predicted octanol–water partition coefficient (Wildman–Crippen LogP) is -4.56. The second-order valence-electron chi connectivity index (χ2n) is 10.9. The van der Waals surface area contributed by atoms with Crippen molar-refractivity contribution >= 4 is 12.0 Å². The van der Waals surface area contributed by atoms with Crippen LogP contribution in [0.5, 0.6) is 11.5 Å². The summed E-state index contributed by atoms with van der Waals surface area (Å²) in [5.74, 6) is -3.33. The summed E-state index contributed by atoms with van der Waals surface area (Å²) in [5, 5.41) is 101. The van der Waals surface area contributed by atoms with E-state index in [1.807, 2.05) is 0 Å². The van der Waals surface area contributed by atoms with Gasteiger partial charge in [-0.15, -0.1) is 0 Å². The van der Waals surface area contributed by atoms with E-state index < -0.39 is 118 Å². The lowest BCUT2D eigenvalue weighted by Crippen LogP contribution is -2.62. The molecule has 3 heterocycles. The molecule has 0 bridgehead atoms. The van der Waals surface area contributed by atoms with Crippen LogP contribution in [0, 0.1) is 0 Å². The van der Waals surface area contributed by atoms with Gasteiger partial charge in [0.1, 0.15) is 55.4 Å². The number of aliphatic hydroxyl groups is 9. The summed E-state index contributed by atoms with van der Waals surface area (Å²) in [6.07, 6.45) is -17.0. The Labute approximate surface area is 262 Å². The normalized spacial score (nSPS) is 39.9. The summed E-state index contributed by atoms with van der Waals surface area (Å²) in [7, 11) is 1.34. The first kappa shape index (κ1) is 36.3. The zero-order valence-corrected chi connectivity index (χ0v) is 24.6. The van der Waals surface area contributed by atoms with E-state index in [1.54, 1.807) is 0 Å². The topological polar surface area (TPSA) is 284 Å². The molecule has 3 aliphatic heterocycles. The van der Waals surface area contributed by atoms with Crippen LogP contribution in [0.25, 0.3) is 6.08 Å². The van der Waals surface area contributed by atoms with E-state index in [0.29, 0.717) is 5.56 Å². The van der Waals surface area contributed by atoms with E-state index in [9.17, 15) is 55.9 Å². The van der Waals surface area contributed by atoms with Gasteiger partial charge < -0.3 is 84.2 Å². The molecule has 13 atom stereocenters. The SMILES string of the molecule is COc1cc(/C=C/C(=O)O[C@H]2[C@H](O)[C@@H](CO)O[C@@]2(CO)O[C@@H]2C[C@@H](O)[C@@H](O[C@H]3O[C@H](CO)[C@@H](O)[C@H](O)[C@H]3O)[C@@H](CO)O2)ccc1O. The van der Waals surface area contributed by atoms with Gasteiger partial charge >= 0.3 is 5.97 Å². The number of aliphatic hydroxyl groups excluding tert-OH is 9. The van der Waals surface area contributed by atoms with Crippen LogP contribution in [0.4, 0.5) is 0 Å². The molecule has 18 nitrogen and oxygen atoms in total. The number of carbonyl (C=O) groups excluding carboxylic acids is 1. The second kappa shape index (κ2) is 15.6. The van der Waals surface area contributed by atoms with E-state index in [1.165, 1.54) is 31.4 Å². The van der Waals surface area contributed by atoms with Crippen LogP contribution in [0.15, 0.2) is 24.3 Å². The average Bonchev–Trinajstić information content (AvgIpc) is 3.31. The lowest BCUT2D eigenvalue weighted by molar-refractivity contribution is -0.379. The third-order valence-corrected chi connectivity index (χ3v) is 7.89. The van der Waals surface area contributed by atoms with Crippen molar-refractivity contribution in [2.75, 3.05) is 33.5 Å². The van der Waals surface area contributed by atoms with Crippen LogP contribution in [0.3, 0.4) is 0 Å². The van der Waals surface area contributed by atoms with Gasteiger partial charge in [-0.3, -0.25) is 0 Å². The average molecular weight is 665 g/mol. The van der Waals surface area contributed by atoms with E-state index in [-0.39, 0.29) is 11.5 Å².